The van der Waals surface area contributed by atoms with Gasteiger partial charge in [0, 0.05) is 25.3 Å². The highest BCUT2D eigenvalue weighted by Gasteiger charge is 2.43. The summed E-state index contributed by atoms with van der Waals surface area (Å²) in [5.74, 6) is 0.0387. The zero-order valence-corrected chi connectivity index (χ0v) is 18.8. The van der Waals surface area contributed by atoms with E-state index in [0.29, 0.717) is 22.7 Å². The highest BCUT2D eigenvalue weighted by molar-refractivity contribution is 6.00. The van der Waals surface area contributed by atoms with Crippen LogP contribution in [0.3, 0.4) is 0 Å². The van der Waals surface area contributed by atoms with E-state index in [1.165, 1.54) is 21.3 Å². The topological polar surface area (TPSA) is 103 Å². The number of hydrogen-bond donors (Lipinski definition) is 1. The van der Waals surface area contributed by atoms with Crippen molar-refractivity contribution in [3.63, 3.8) is 0 Å². The Balaban J connectivity index is 1.83. The van der Waals surface area contributed by atoms with Gasteiger partial charge >= 0.3 is 5.97 Å². The normalized spacial score (nSPS) is 15.1. The number of esters is 1. The van der Waals surface area contributed by atoms with Gasteiger partial charge in [-0.1, -0.05) is 24.3 Å². The minimum atomic E-state index is -0.608. The molecule has 1 atom stereocenters. The van der Waals surface area contributed by atoms with Crippen molar-refractivity contribution >= 4 is 11.9 Å². The van der Waals surface area contributed by atoms with Crippen molar-refractivity contribution in [2.24, 2.45) is 0 Å². The van der Waals surface area contributed by atoms with Crippen molar-refractivity contribution < 1.29 is 28.5 Å². The van der Waals surface area contributed by atoms with Crippen LogP contribution in [-0.4, -0.2) is 68.2 Å². The quantitative estimate of drug-likeness (QED) is 0.415. The van der Waals surface area contributed by atoms with E-state index in [0.717, 1.165) is 16.7 Å². The predicted octanol–water partition coefficient (Wildman–Crippen LogP) is 3.04. The molecule has 2 aromatic carbocycles. The number of amides is 1. The first-order valence-electron chi connectivity index (χ1n) is 10.3. The van der Waals surface area contributed by atoms with Crippen molar-refractivity contribution in [1.29, 1.82) is 0 Å². The molecule has 2 heterocycles. The fourth-order valence-electron chi connectivity index (χ4n) is 4.05. The van der Waals surface area contributed by atoms with Crippen LogP contribution in [0.4, 0.5) is 0 Å². The van der Waals surface area contributed by atoms with Gasteiger partial charge in [0.25, 0.3) is 5.91 Å². The van der Waals surface area contributed by atoms with Gasteiger partial charge in [0.2, 0.25) is 0 Å². The van der Waals surface area contributed by atoms with Gasteiger partial charge in [-0.15, -0.1) is 0 Å². The molecule has 0 saturated carbocycles. The molecule has 1 unspecified atom stereocenters. The first-order valence-corrected chi connectivity index (χ1v) is 10.3. The minimum absolute atomic E-state index is 0.204. The van der Waals surface area contributed by atoms with E-state index in [-0.39, 0.29) is 12.5 Å². The number of benzene rings is 2. The summed E-state index contributed by atoms with van der Waals surface area (Å²) in [6.07, 6.45) is -0.608. The van der Waals surface area contributed by atoms with Crippen molar-refractivity contribution in [2.45, 2.75) is 12.3 Å². The summed E-state index contributed by atoms with van der Waals surface area (Å²) >= 11 is 0. The lowest BCUT2D eigenvalue weighted by Crippen LogP contribution is -2.38. The number of ether oxygens (including phenoxy) is 4. The number of methoxy groups -OCH3 is 4. The Labute approximate surface area is 191 Å². The van der Waals surface area contributed by atoms with Gasteiger partial charge in [-0.3, -0.25) is 9.89 Å². The predicted molar refractivity (Wildman–Crippen MR) is 119 cm³/mol. The average Bonchev–Trinajstić information content (AvgIpc) is 3.41. The zero-order valence-electron chi connectivity index (χ0n) is 18.8. The second-order valence-electron chi connectivity index (χ2n) is 7.47. The second-order valence-corrected chi connectivity index (χ2v) is 7.47. The number of rotatable bonds is 8. The maximum Gasteiger partial charge on any atom is 0.337 e. The van der Waals surface area contributed by atoms with E-state index in [4.69, 9.17) is 18.9 Å². The SMILES string of the molecule is COC(=O)c1ccc(C2c3c(-c4cccc(OC)c4)n[nH]c3C(=O)N2CC(OC)OC)cc1. The molecule has 9 heteroatoms. The van der Waals surface area contributed by atoms with Crippen LogP contribution in [0.15, 0.2) is 48.5 Å². The Hall–Kier alpha value is -3.69. The van der Waals surface area contributed by atoms with Crippen molar-refractivity contribution in [2.75, 3.05) is 35.0 Å². The number of fused-ring (bicyclic) bond motifs is 1. The molecule has 0 aliphatic carbocycles. The first kappa shape index (κ1) is 22.5. The molecule has 1 aliphatic rings. The van der Waals surface area contributed by atoms with Gasteiger partial charge in [0.1, 0.15) is 11.4 Å². The summed E-state index contributed by atoms with van der Waals surface area (Å²) in [5.41, 5.74) is 3.84. The van der Waals surface area contributed by atoms with Crippen LogP contribution in [0.5, 0.6) is 5.75 Å². The third-order valence-corrected chi connectivity index (χ3v) is 5.73. The molecule has 3 aromatic rings. The van der Waals surface area contributed by atoms with Crippen LogP contribution >= 0.6 is 0 Å². The molecule has 0 spiro atoms. The molecule has 9 nitrogen and oxygen atoms in total. The van der Waals surface area contributed by atoms with E-state index in [2.05, 4.69) is 10.2 Å². The van der Waals surface area contributed by atoms with Gasteiger partial charge in [-0.05, 0) is 29.8 Å². The summed E-state index contributed by atoms with van der Waals surface area (Å²) in [6.45, 7) is 0.204. The Bertz CT molecular complexity index is 1150. The van der Waals surface area contributed by atoms with Gasteiger partial charge < -0.3 is 23.8 Å². The monoisotopic (exact) mass is 451 g/mol. The molecule has 33 heavy (non-hydrogen) atoms. The van der Waals surface area contributed by atoms with Crippen molar-refractivity contribution in [1.82, 2.24) is 15.1 Å². The van der Waals surface area contributed by atoms with E-state index < -0.39 is 18.3 Å². The van der Waals surface area contributed by atoms with Crippen LogP contribution in [-0.2, 0) is 14.2 Å². The molecule has 1 N–H and O–H groups in total. The van der Waals surface area contributed by atoms with Crippen LogP contribution in [0.1, 0.15) is 38.0 Å². The molecular formula is C24H25N3O6. The molecule has 1 amide bonds. The number of nitrogens with zero attached hydrogens (tertiary/aromatic N) is 2. The van der Waals surface area contributed by atoms with E-state index in [9.17, 15) is 9.59 Å². The van der Waals surface area contributed by atoms with E-state index in [1.807, 2.05) is 36.4 Å². The molecular weight excluding hydrogens is 426 g/mol. The highest BCUT2D eigenvalue weighted by atomic mass is 16.7. The number of aromatic nitrogens is 2. The summed E-state index contributed by atoms with van der Waals surface area (Å²) in [7, 11) is 5.98. The maximum atomic E-state index is 13.4. The highest BCUT2D eigenvalue weighted by Crippen LogP contribution is 2.43. The Kier molecular flexibility index (Phi) is 6.43. The van der Waals surface area contributed by atoms with Crippen LogP contribution in [0.2, 0.25) is 0 Å². The van der Waals surface area contributed by atoms with Gasteiger partial charge in [-0.25, -0.2) is 4.79 Å². The number of carbonyl (C=O) groups is 2. The van der Waals surface area contributed by atoms with Gasteiger partial charge in [0.15, 0.2) is 6.29 Å². The number of carbonyl (C=O) groups excluding carboxylic acids is 2. The second kappa shape index (κ2) is 9.43. The summed E-state index contributed by atoms with van der Waals surface area (Å²) in [4.78, 5) is 27.0. The molecule has 0 radical (unpaired) electrons. The standard InChI is InChI=1S/C24H25N3O6/c1-30-17-7-5-6-16(12-17)20-19-21(26-25-20)23(28)27(13-18(31-2)32-3)22(19)14-8-10-15(11-9-14)24(29)33-4/h5-12,18,22H,13H2,1-4H3,(H,25,26). The Morgan fingerprint density at radius 2 is 1.82 bits per heavy atom. The van der Waals surface area contributed by atoms with Crippen LogP contribution in [0, 0.1) is 0 Å². The first-order chi connectivity index (χ1) is 16.0. The van der Waals surface area contributed by atoms with E-state index >= 15 is 0 Å². The largest absolute Gasteiger partial charge is 0.497 e. The smallest absolute Gasteiger partial charge is 0.337 e. The number of H-pyrrole nitrogens is 1. The summed E-state index contributed by atoms with van der Waals surface area (Å²) in [6, 6.07) is 14.0. The fraction of sp³-hybridized carbons (Fsp3) is 0.292. The fourth-order valence-corrected chi connectivity index (χ4v) is 4.05. The minimum Gasteiger partial charge on any atom is -0.497 e. The average molecular weight is 451 g/mol. The number of aromatic amines is 1. The molecule has 0 saturated heterocycles. The Morgan fingerprint density at radius 3 is 2.45 bits per heavy atom. The van der Waals surface area contributed by atoms with Gasteiger partial charge in [-0.2, -0.15) is 5.10 Å². The lowest BCUT2D eigenvalue weighted by atomic mass is 9.95. The van der Waals surface area contributed by atoms with Crippen LogP contribution < -0.4 is 4.74 Å². The summed E-state index contributed by atoms with van der Waals surface area (Å²) < 4.78 is 20.9. The molecule has 4 rings (SSSR count). The Morgan fingerprint density at radius 1 is 1.09 bits per heavy atom. The molecule has 1 aromatic heterocycles. The third kappa shape index (κ3) is 4.08. The molecule has 0 fully saturated rings. The lowest BCUT2D eigenvalue weighted by Gasteiger charge is -2.29. The third-order valence-electron chi connectivity index (χ3n) is 5.73. The molecule has 172 valence electrons. The molecule has 0 bridgehead atoms. The van der Waals surface area contributed by atoms with Gasteiger partial charge in [0.05, 0.1) is 38.1 Å². The van der Waals surface area contributed by atoms with E-state index in [1.54, 1.807) is 24.1 Å². The number of hydrogen-bond acceptors (Lipinski definition) is 7. The van der Waals surface area contributed by atoms with Crippen molar-refractivity contribution in [3.8, 4) is 17.0 Å². The summed E-state index contributed by atoms with van der Waals surface area (Å²) in [5, 5.41) is 7.37. The maximum absolute atomic E-state index is 13.4. The lowest BCUT2D eigenvalue weighted by molar-refractivity contribution is -0.113. The molecule has 1 aliphatic heterocycles. The number of nitrogens with one attached hydrogen (secondary N) is 1. The van der Waals surface area contributed by atoms with Crippen LogP contribution in [0.25, 0.3) is 11.3 Å². The zero-order chi connectivity index (χ0) is 23.5. The van der Waals surface area contributed by atoms with Crippen molar-refractivity contribution in [3.05, 3.63) is 70.9 Å².